The lowest BCUT2D eigenvalue weighted by Crippen LogP contribution is -2.14. The van der Waals surface area contributed by atoms with Crippen molar-refractivity contribution >= 4 is 29.1 Å². The van der Waals surface area contributed by atoms with Crippen LogP contribution in [0.2, 0.25) is 0 Å². The van der Waals surface area contributed by atoms with E-state index in [-0.39, 0.29) is 5.97 Å². The molecule has 6 nitrogen and oxygen atoms in total. The summed E-state index contributed by atoms with van der Waals surface area (Å²) in [5.41, 5.74) is 1.65. The quantitative estimate of drug-likeness (QED) is 0.264. The van der Waals surface area contributed by atoms with Crippen molar-refractivity contribution in [2.45, 2.75) is 17.3 Å². The first-order valence-corrected chi connectivity index (χ1v) is 11.5. The number of carbonyl (C=O) groups excluding carboxylic acids is 1. The van der Waals surface area contributed by atoms with E-state index in [2.05, 4.69) is 10.2 Å². The molecule has 0 aliphatic carbocycles. The Morgan fingerprint density at radius 2 is 1.84 bits per heavy atom. The average Bonchev–Trinajstić information content (AvgIpc) is 3.48. The summed E-state index contributed by atoms with van der Waals surface area (Å²) in [4.78, 5) is 13.8. The lowest BCUT2D eigenvalue weighted by molar-refractivity contribution is -0.142. The highest BCUT2D eigenvalue weighted by Crippen LogP contribution is 2.40. The van der Waals surface area contributed by atoms with Crippen LogP contribution >= 0.6 is 23.1 Å². The smallest absolute Gasteiger partial charge is 0.324 e. The van der Waals surface area contributed by atoms with Gasteiger partial charge < -0.3 is 9.47 Å². The van der Waals surface area contributed by atoms with Gasteiger partial charge in [-0.2, -0.15) is 0 Å². The van der Waals surface area contributed by atoms with Crippen LogP contribution in [0, 0.1) is 0 Å². The number of hydrogen-bond donors (Lipinski definition) is 0. The molecule has 0 saturated heterocycles. The zero-order chi connectivity index (χ0) is 21.6. The molecule has 8 heteroatoms. The molecule has 0 spiro atoms. The molecule has 2 aromatic heterocycles. The van der Waals surface area contributed by atoms with Crippen LogP contribution in [0.4, 0.5) is 0 Å². The van der Waals surface area contributed by atoms with Gasteiger partial charge in [0.25, 0.3) is 0 Å². The van der Waals surface area contributed by atoms with Crippen LogP contribution in [-0.4, -0.2) is 34.5 Å². The van der Waals surface area contributed by atoms with Crippen molar-refractivity contribution in [1.82, 2.24) is 14.8 Å². The van der Waals surface area contributed by atoms with Crippen LogP contribution in [0.25, 0.3) is 16.4 Å². The number of ether oxygens (including phenoxy) is 2. The van der Waals surface area contributed by atoms with Crippen LogP contribution in [0.3, 0.4) is 0 Å². The molecule has 158 valence electrons. The summed E-state index contributed by atoms with van der Waals surface area (Å²) in [7, 11) is 1.63. The van der Waals surface area contributed by atoms with E-state index in [1.54, 1.807) is 25.4 Å². The zero-order valence-electron chi connectivity index (χ0n) is 17.1. The maximum absolute atomic E-state index is 12.8. The van der Waals surface area contributed by atoms with Gasteiger partial charge >= 0.3 is 5.97 Å². The second-order valence-corrected chi connectivity index (χ2v) is 8.47. The minimum atomic E-state index is -0.574. The molecular formula is C23H21N3O3S2. The molecule has 0 saturated carbocycles. The van der Waals surface area contributed by atoms with Gasteiger partial charge in [0.2, 0.25) is 0 Å². The van der Waals surface area contributed by atoms with Crippen LogP contribution in [0.5, 0.6) is 5.75 Å². The normalized spacial score (nSPS) is 11.8. The number of esters is 1. The Morgan fingerprint density at radius 3 is 2.55 bits per heavy atom. The summed E-state index contributed by atoms with van der Waals surface area (Å²) >= 11 is 2.89. The Kier molecular flexibility index (Phi) is 6.69. The monoisotopic (exact) mass is 451 g/mol. The number of thiophene rings is 1. The number of hydrogen-bond acceptors (Lipinski definition) is 7. The molecule has 0 fully saturated rings. The van der Waals surface area contributed by atoms with E-state index in [9.17, 15) is 4.79 Å². The highest BCUT2D eigenvalue weighted by Gasteiger charge is 2.28. The standard InChI is InChI=1S/C23H21N3O3S2/c1-3-29-22(27)20(16-10-5-4-6-11-16)31-23-25-24-21(19-14-9-15-30-19)26(23)17-12-7-8-13-18(17)28-2/h4-15,20H,3H2,1-2H3/t20-/m1/s1. The summed E-state index contributed by atoms with van der Waals surface area (Å²) in [6, 6.07) is 21.2. The largest absolute Gasteiger partial charge is 0.495 e. The SMILES string of the molecule is CCOC(=O)[C@H](Sc1nnc(-c2cccs2)n1-c1ccccc1OC)c1ccccc1. The van der Waals surface area contributed by atoms with E-state index in [1.807, 2.05) is 76.7 Å². The van der Waals surface area contributed by atoms with Gasteiger partial charge in [0.15, 0.2) is 11.0 Å². The molecule has 0 aliphatic heterocycles. The van der Waals surface area contributed by atoms with Gasteiger partial charge in [-0.25, -0.2) is 0 Å². The summed E-state index contributed by atoms with van der Waals surface area (Å²) in [5, 5.41) is 10.9. The number of methoxy groups -OCH3 is 1. The maximum Gasteiger partial charge on any atom is 0.324 e. The molecule has 31 heavy (non-hydrogen) atoms. The van der Waals surface area contributed by atoms with E-state index in [0.29, 0.717) is 23.3 Å². The molecule has 0 amide bonds. The second kappa shape index (κ2) is 9.80. The van der Waals surface area contributed by atoms with Gasteiger partial charge in [0.1, 0.15) is 11.0 Å². The minimum absolute atomic E-state index is 0.308. The third kappa shape index (κ3) is 4.50. The topological polar surface area (TPSA) is 66.2 Å². The Labute approximate surface area is 188 Å². The lowest BCUT2D eigenvalue weighted by atomic mass is 10.1. The zero-order valence-corrected chi connectivity index (χ0v) is 18.7. The number of carbonyl (C=O) groups is 1. The van der Waals surface area contributed by atoms with Crippen molar-refractivity contribution < 1.29 is 14.3 Å². The first kappa shape index (κ1) is 21.1. The van der Waals surface area contributed by atoms with Crippen molar-refractivity contribution in [2.75, 3.05) is 13.7 Å². The molecule has 2 aromatic carbocycles. The Bertz CT molecular complexity index is 1140. The molecule has 0 bridgehead atoms. The third-order valence-electron chi connectivity index (χ3n) is 4.53. The molecular weight excluding hydrogens is 430 g/mol. The summed E-state index contributed by atoms with van der Waals surface area (Å²) in [5.74, 6) is 1.07. The van der Waals surface area contributed by atoms with Gasteiger partial charge in [0.05, 0.1) is 24.3 Å². The van der Waals surface area contributed by atoms with Gasteiger partial charge in [0, 0.05) is 0 Å². The van der Waals surface area contributed by atoms with Gasteiger partial charge in [-0.15, -0.1) is 21.5 Å². The summed E-state index contributed by atoms with van der Waals surface area (Å²) < 4.78 is 12.9. The Hall–Kier alpha value is -3.10. The van der Waals surface area contributed by atoms with Crippen LogP contribution in [-0.2, 0) is 9.53 Å². The molecule has 4 aromatic rings. The molecule has 0 N–H and O–H groups in total. The summed E-state index contributed by atoms with van der Waals surface area (Å²) in [6.45, 7) is 2.11. The maximum atomic E-state index is 12.8. The predicted octanol–water partition coefficient (Wildman–Crippen LogP) is 5.40. The van der Waals surface area contributed by atoms with E-state index >= 15 is 0 Å². The van der Waals surface area contributed by atoms with E-state index in [1.165, 1.54) is 11.8 Å². The number of nitrogens with zero attached hydrogens (tertiary/aromatic N) is 3. The molecule has 2 heterocycles. The molecule has 0 radical (unpaired) electrons. The first-order chi connectivity index (χ1) is 15.2. The first-order valence-electron chi connectivity index (χ1n) is 9.73. The number of rotatable bonds is 8. The fourth-order valence-corrected chi connectivity index (χ4v) is 4.89. The highest BCUT2D eigenvalue weighted by atomic mass is 32.2. The summed E-state index contributed by atoms with van der Waals surface area (Å²) in [6.07, 6.45) is 0. The van der Waals surface area contributed by atoms with Crippen molar-refractivity contribution in [1.29, 1.82) is 0 Å². The third-order valence-corrected chi connectivity index (χ3v) is 6.57. The van der Waals surface area contributed by atoms with Crippen molar-refractivity contribution in [3.63, 3.8) is 0 Å². The number of para-hydroxylation sites is 2. The predicted molar refractivity (Wildman–Crippen MR) is 123 cm³/mol. The van der Waals surface area contributed by atoms with Gasteiger partial charge in [-0.3, -0.25) is 9.36 Å². The average molecular weight is 452 g/mol. The number of benzene rings is 2. The van der Waals surface area contributed by atoms with Crippen LogP contribution in [0.15, 0.2) is 77.3 Å². The number of thioether (sulfide) groups is 1. The molecule has 1 atom stereocenters. The molecule has 0 aliphatic rings. The highest BCUT2D eigenvalue weighted by molar-refractivity contribution is 8.00. The van der Waals surface area contributed by atoms with Gasteiger partial charge in [-0.1, -0.05) is 60.3 Å². The van der Waals surface area contributed by atoms with Crippen LogP contribution < -0.4 is 4.74 Å². The van der Waals surface area contributed by atoms with E-state index < -0.39 is 5.25 Å². The Balaban J connectivity index is 1.83. The van der Waals surface area contributed by atoms with Crippen molar-refractivity contribution in [2.24, 2.45) is 0 Å². The van der Waals surface area contributed by atoms with Crippen molar-refractivity contribution in [3.05, 3.63) is 77.7 Å². The minimum Gasteiger partial charge on any atom is -0.495 e. The van der Waals surface area contributed by atoms with Crippen molar-refractivity contribution in [3.8, 4) is 22.1 Å². The second-order valence-electron chi connectivity index (χ2n) is 6.45. The van der Waals surface area contributed by atoms with Gasteiger partial charge in [-0.05, 0) is 36.1 Å². The number of aromatic nitrogens is 3. The lowest BCUT2D eigenvalue weighted by Gasteiger charge is -2.17. The van der Waals surface area contributed by atoms with E-state index in [4.69, 9.17) is 9.47 Å². The fourth-order valence-electron chi connectivity index (χ4n) is 3.15. The molecule has 0 unspecified atom stereocenters. The Morgan fingerprint density at radius 1 is 1.06 bits per heavy atom. The fraction of sp³-hybridized carbons (Fsp3) is 0.174. The van der Waals surface area contributed by atoms with Crippen LogP contribution in [0.1, 0.15) is 17.7 Å². The van der Waals surface area contributed by atoms with E-state index in [0.717, 1.165) is 16.1 Å². The molecule has 4 rings (SSSR count).